The molecule has 1 heterocycles. The van der Waals surface area contributed by atoms with Crippen LogP contribution < -0.4 is 5.32 Å². The maximum Gasteiger partial charge on any atom is 0.0107 e. The van der Waals surface area contributed by atoms with E-state index in [9.17, 15) is 0 Å². The van der Waals surface area contributed by atoms with Crippen LogP contribution in [0, 0.1) is 0 Å². The molecule has 0 amide bonds. The van der Waals surface area contributed by atoms with Crippen LogP contribution in [0.4, 0.5) is 0 Å². The molecule has 0 radical (unpaired) electrons. The monoisotopic (exact) mass is 200 g/mol. The lowest BCUT2D eigenvalue weighted by atomic mass is 10.4. The second-order valence-electron chi connectivity index (χ2n) is 2.65. The van der Waals surface area contributed by atoms with Gasteiger partial charge in [-0.15, -0.1) is 24.8 Å². The molecule has 0 aliphatic carbocycles. The van der Waals surface area contributed by atoms with Crippen LogP contribution in [0.2, 0.25) is 0 Å². The highest BCUT2D eigenvalue weighted by molar-refractivity contribution is 5.85. The van der Waals surface area contributed by atoms with Gasteiger partial charge in [-0.05, 0) is 33.0 Å². The molecule has 0 aromatic carbocycles. The molecule has 11 heavy (non-hydrogen) atoms. The third-order valence-corrected chi connectivity index (χ3v) is 1.88. The van der Waals surface area contributed by atoms with Gasteiger partial charge in [0.15, 0.2) is 0 Å². The first-order valence-corrected chi connectivity index (χ1v) is 3.80. The maximum absolute atomic E-state index is 3.15. The van der Waals surface area contributed by atoms with Crippen molar-refractivity contribution in [3.8, 4) is 0 Å². The summed E-state index contributed by atoms with van der Waals surface area (Å²) in [5.41, 5.74) is 0. The Balaban J connectivity index is 0. The van der Waals surface area contributed by atoms with Gasteiger partial charge in [0.25, 0.3) is 0 Å². The van der Waals surface area contributed by atoms with E-state index in [1.165, 1.54) is 32.5 Å². The van der Waals surface area contributed by atoms with Gasteiger partial charge in [0.1, 0.15) is 0 Å². The van der Waals surface area contributed by atoms with E-state index in [0.717, 1.165) is 6.54 Å². The molecule has 0 unspecified atom stereocenters. The van der Waals surface area contributed by atoms with Crippen molar-refractivity contribution < 1.29 is 0 Å². The summed E-state index contributed by atoms with van der Waals surface area (Å²) in [5.74, 6) is 0. The second-order valence-corrected chi connectivity index (χ2v) is 2.65. The van der Waals surface area contributed by atoms with Gasteiger partial charge < -0.3 is 10.2 Å². The number of hydrogen-bond donors (Lipinski definition) is 1. The third kappa shape index (κ3) is 5.74. The SMILES string of the molecule is CNCCN1CCCC1.Cl.Cl. The fourth-order valence-corrected chi connectivity index (χ4v) is 1.28. The van der Waals surface area contributed by atoms with Crippen molar-refractivity contribution in [3.63, 3.8) is 0 Å². The van der Waals surface area contributed by atoms with Crippen LogP contribution in [0.1, 0.15) is 12.8 Å². The highest BCUT2D eigenvalue weighted by Crippen LogP contribution is 2.05. The van der Waals surface area contributed by atoms with Crippen molar-refractivity contribution in [2.24, 2.45) is 0 Å². The molecule has 1 N–H and O–H groups in total. The zero-order valence-electron chi connectivity index (χ0n) is 7.01. The Morgan fingerprint density at radius 2 is 1.73 bits per heavy atom. The van der Waals surface area contributed by atoms with E-state index in [0.29, 0.717) is 0 Å². The van der Waals surface area contributed by atoms with Crippen LogP contribution in [0.25, 0.3) is 0 Å². The van der Waals surface area contributed by atoms with Gasteiger partial charge in [0, 0.05) is 13.1 Å². The number of halogens is 2. The molecule has 0 bridgehead atoms. The lowest BCUT2D eigenvalue weighted by Crippen LogP contribution is -2.27. The quantitative estimate of drug-likeness (QED) is 0.736. The average molecular weight is 201 g/mol. The van der Waals surface area contributed by atoms with Gasteiger partial charge in [0.2, 0.25) is 0 Å². The molecule has 2 nitrogen and oxygen atoms in total. The summed E-state index contributed by atoms with van der Waals surface area (Å²) in [6, 6.07) is 0. The molecule has 0 aromatic rings. The van der Waals surface area contributed by atoms with Crippen LogP contribution in [0.5, 0.6) is 0 Å². The summed E-state index contributed by atoms with van der Waals surface area (Å²) >= 11 is 0. The summed E-state index contributed by atoms with van der Waals surface area (Å²) in [5, 5.41) is 3.15. The van der Waals surface area contributed by atoms with Crippen molar-refractivity contribution in [1.29, 1.82) is 0 Å². The van der Waals surface area contributed by atoms with E-state index < -0.39 is 0 Å². The van der Waals surface area contributed by atoms with E-state index in [1.807, 2.05) is 7.05 Å². The predicted octanol–water partition coefficient (Wildman–Crippen LogP) is 1.15. The van der Waals surface area contributed by atoms with E-state index >= 15 is 0 Å². The molecule has 70 valence electrons. The van der Waals surface area contributed by atoms with Crippen molar-refractivity contribution in [3.05, 3.63) is 0 Å². The number of likely N-dealkylation sites (N-methyl/N-ethyl adjacent to an activating group) is 1. The van der Waals surface area contributed by atoms with E-state index in [1.54, 1.807) is 0 Å². The molecule has 0 saturated carbocycles. The standard InChI is InChI=1S/C7H16N2.2ClH/c1-8-4-7-9-5-2-3-6-9;;/h8H,2-7H2,1H3;2*1H. The molecule has 1 fully saturated rings. The minimum absolute atomic E-state index is 0. The van der Waals surface area contributed by atoms with Crippen molar-refractivity contribution in [1.82, 2.24) is 10.2 Å². The molecule has 1 rings (SSSR count). The molecule has 0 spiro atoms. The molecule has 1 saturated heterocycles. The van der Waals surface area contributed by atoms with Gasteiger partial charge >= 0.3 is 0 Å². The smallest absolute Gasteiger partial charge is 0.0107 e. The minimum Gasteiger partial charge on any atom is -0.318 e. The van der Waals surface area contributed by atoms with Crippen LogP contribution in [-0.2, 0) is 0 Å². The van der Waals surface area contributed by atoms with Crippen LogP contribution in [0.15, 0.2) is 0 Å². The Bertz CT molecular complexity index is 74.8. The zero-order valence-corrected chi connectivity index (χ0v) is 8.64. The van der Waals surface area contributed by atoms with Crippen LogP contribution in [-0.4, -0.2) is 38.1 Å². The second kappa shape index (κ2) is 8.60. The molecule has 4 heteroatoms. The average Bonchev–Trinajstić information content (AvgIpc) is 2.34. The molecular weight excluding hydrogens is 183 g/mol. The lowest BCUT2D eigenvalue weighted by Gasteiger charge is -2.12. The van der Waals surface area contributed by atoms with Gasteiger partial charge in [-0.2, -0.15) is 0 Å². The Kier molecular flexibility index (Phi) is 11.0. The van der Waals surface area contributed by atoms with E-state index in [4.69, 9.17) is 0 Å². The predicted molar refractivity (Wildman–Crippen MR) is 54.1 cm³/mol. The van der Waals surface area contributed by atoms with E-state index in [2.05, 4.69) is 10.2 Å². The Labute approximate surface area is 81.5 Å². The molecular formula is C7H18Cl2N2. The topological polar surface area (TPSA) is 15.3 Å². The number of likely N-dealkylation sites (tertiary alicyclic amines) is 1. The van der Waals surface area contributed by atoms with Gasteiger partial charge in [-0.1, -0.05) is 0 Å². The van der Waals surface area contributed by atoms with Gasteiger partial charge in [-0.25, -0.2) is 0 Å². The fourth-order valence-electron chi connectivity index (χ4n) is 1.28. The number of nitrogens with zero attached hydrogens (tertiary/aromatic N) is 1. The summed E-state index contributed by atoms with van der Waals surface area (Å²) in [6.45, 7) is 5.01. The Morgan fingerprint density at radius 1 is 1.18 bits per heavy atom. The molecule has 0 aromatic heterocycles. The zero-order chi connectivity index (χ0) is 6.53. The number of rotatable bonds is 3. The van der Waals surface area contributed by atoms with Crippen molar-refractivity contribution in [2.75, 3.05) is 33.2 Å². The third-order valence-electron chi connectivity index (χ3n) is 1.88. The first-order valence-electron chi connectivity index (χ1n) is 3.80. The van der Waals surface area contributed by atoms with Crippen molar-refractivity contribution >= 4 is 24.8 Å². The molecule has 0 atom stereocenters. The maximum atomic E-state index is 3.15. The Hall–Kier alpha value is 0.500. The summed E-state index contributed by atoms with van der Waals surface area (Å²) in [4.78, 5) is 2.51. The lowest BCUT2D eigenvalue weighted by molar-refractivity contribution is 0.340. The first kappa shape index (κ1) is 14.0. The van der Waals surface area contributed by atoms with Crippen LogP contribution >= 0.6 is 24.8 Å². The summed E-state index contributed by atoms with van der Waals surface area (Å²) < 4.78 is 0. The van der Waals surface area contributed by atoms with Gasteiger partial charge in [-0.3, -0.25) is 0 Å². The van der Waals surface area contributed by atoms with E-state index in [-0.39, 0.29) is 24.8 Å². The first-order chi connectivity index (χ1) is 4.43. The highest BCUT2D eigenvalue weighted by Gasteiger charge is 2.09. The molecule has 1 aliphatic heterocycles. The number of hydrogen-bond acceptors (Lipinski definition) is 2. The fraction of sp³-hybridized carbons (Fsp3) is 1.00. The molecule has 1 aliphatic rings. The van der Waals surface area contributed by atoms with Crippen molar-refractivity contribution in [2.45, 2.75) is 12.8 Å². The highest BCUT2D eigenvalue weighted by atomic mass is 35.5. The van der Waals surface area contributed by atoms with Crippen LogP contribution in [0.3, 0.4) is 0 Å². The summed E-state index contributed by atoms with van der Waals surface area (Å²) in [7, 11) is 2.01. The largest absolute Gasteiger partial charge is 0.318 e. The number of nitrogens with one attached hydrogen (secondary N) is 1. The Morgan fingerprint density at radius 3 is 2.18 bits per heavy atom. The summed E-state index contributed by atoms with van der Waals surface area (Å²) in [6.07, 6.45) is 2.81. The normalized spacial score (nSPS) is 17.2. The van der Waals surface area contributed by atoms with Gasteiger partial charge in [0.05, 0.1) is 0 Å². The minimum atomic E-state index is 0.